The van der Waals surface area contributed by atoms with E-state index in [-0.39, 0.29) is 29.8 Å². The molecule has 1 aromatic carbocycles. The van der Waals surface area contributed by atoms with Crippen molar-refractivity contribution in [1.82, 2.24) is 10.0 Å². The molecule has 0 aliphatic heterocycles. The third-order valence-electron chi connectivity index (χ3n) is 4.26. The maximum Gasteiger partial charge on any atom is 0.240 e. The standard InChI is InChI=1S/C19H32N2O3S/c1-14(2)7-6-8-17(5)21-19(22)11-12-20-25(23,24)18-10-9-15(3)16(4)13-18/h9-10,13-14,17,20H,6-8,11-12H2,1-5H3,(H,21,22)/t17-/m1/s1. The van der Waals surface area contributed by atoms with E-state index in [0.717, 1.165) is 30.4 Å². The van der Waals surface area contributed by atoms with E-state index in [4.69, 9.17) is 0 Å². The number of hydrogen-bond acceptors (Lipinski definition) is 3. The molecule has 1 amide bonds. The van der Waals surface area contributed by atoms with Gasteiger partial charge in [0.2, 0.25) is 15.9 Å². The average Bonchev–Trinajstić information content (AvgIpc) is 2.49. The molecule has 142 valence electrons. The largest absolute Gasteiger partial charge is 0.354 e. The van der Waals surface area contributed by atoms with Gasteiger partial charge in [-0.2, -0.15) is 0 Å². The minimum absolute atomic E-state index is 0.0970. The number of aryl methyl sites for hydroxylation is 2. The highest BCUT2D eigenvalue weighted by Crippen LogP contribution is 2.14. The Labute approximate surface area is 152 Å². The summed E-state index contributed by atoms with van der Waals surface area (Å²) in [6.07, 6.45) is 3.31. The van der Waals surface area contributed by atoms with Crippen molar-refractivity contribution in [2.45, 2.75) is 71.2 Å². The zero-order valence-corrected chi connectivity index (χ0v) is 16.9. The number of carbonyl (C=O) groups is 1. The number of nitrogens with one attached hydrogen (secondary N) is 2. The van der Waals surface area contributed by atoms with Crippen LogP contribution in [0.15, 0.2) is 23.1 Å². The van der Waals surface area contributed by atoms with Gasteiger partial charge in [-0.15, -0.1) is 0 Å². The predicted molar refractivity (Wildman–Crippen MR) is 102 cm³/mol. The van der Waals surface area contributed by atoms with E-state index in [1.807, 2.05) is 20.8 Å². The SMILES string of the molecule is Cc1ccc(S(=O)(=O)NCCC(=O)N[C@H](C)CCCC(C)C)cc1C. The molecule has 0 saturated carbocycles. The van der Waals surface area contributed by atoms with Crippen molar-refractivity contribution in [3.63, 3.8) is 0 Å². The third-order valence-corrected chi connectivity index (χ3v) is 5.72. The molecule has 0 fully saturated rings. The van der Waals surface area contributed by atoms with Gasteiger partial charge in [-0.25, -0.2) is 13.1 Å². The molecule has 0 unspecified atom stereocenters. The molecule has 0 saturated heterocycles. The molecule has 2 N–H and O–H groups in total. The first-order valence-corrected chi connectivity index (χ1v) is 10.5. The Kier molecular flexibility index (Phi) is 8.59. The van der Waals surface area contributed by atoms with Crippen LogP contribution in [-0.2, 0) is 14.8 Å². The maximum atomic E-state index is 12.3. The molecule has 1 rings (SSSR count). The lowest BCUT2D eigenvalue weighted by Gasteiger charge is -2.15. The Bertz CT molecular complexity index is 669. The van der Waals surface area contributed by atoms with Crippen molar-refractivity contribution in [3.8, 4) is 0 Å². The monoisotopic (exact) mass is 368 g/mol. The molecular weight excluding hydrogens is 336 g/mol. The van der Waals surface area contributed by atoms with Gasteiger partial charge in [-0.3, -0.25) is 4.79 Å². The number of rotatable bonds is 10. The average molecular weight is 369 g/mol. The summed E-state index contributed by atoms with van der Waals surface area (Å²) in [4.78, 5) is 12.2. The first kappa shape index (κ1) is 21.6. The Morgan fingerprint density at radius 2 is 1.76 bits per heavy atom. The van der Waals surface area contributed by atoms with Crippen LogP contribution in [0.5, 0.6) is 0 Å². The highest BCUT2D eigenvalue weighted by molar-refractivity contribution is 7.89. The summed E-state index contributed by atoms with van der Waals surface area (Å²) in [7, 11) is -3.58. The minimum Gasteiger partial charge on any atom is -0.354 e. The third kappa shape index (κ3) is 8.01. The fraction of sp³-hybridized carbons (Fsp3) is 0.632. The zero-order valence-electron chi connectivity index (χ0n) is 16.1. The van der Waals surface area contributed by atoms with Crippen molar-refractivity contribution in [3.05, 3.63) is 29.3 Å². The van der Waals surface area contributed by atoms with Crippen LogP contribution < -0.4 is 10.0 Å². The summed E-state index contributed by atoms with van der Waals surface area (Å²) < 4.78 is 27.0. The maximum absolute atomic E-state index is 12.3. The van der Waals surface area contributed by atoms with Crippen LogP contribution in [0.1, 0.15) is 57.6 Å². The molecule has 0 aliphatic rings. The van der Waals surface area contributed by atoms with Gasteiger partial charge < -0.3 is 5.32 Å². The van der Waals surface area contributed by atoms with E-state index in [0.29, 0.717) is 5.92 Å². The lowest BCUT2D eigenvalue weighted by Crippen LogP contribution is -2.35. The second-order valence-electron chi connectivity index (χ2n) is 7.19. The Balaban J connectivity index is 2.40. The van der Waals surface area contributed by atoms with Crippen LogP contribution in [0.2, 0.25) is 0 Å². The fourth-order valence-corrected chi connectivity index (χ4v) is 3.63. The van der Waals surface area contributed by atoms with Crippen LogP contribution in [-0.4, -0.2) is 26.9 Å². The van der Waals surface area contributed by atoms with E-state index in [1.165, 1.54) is 0 Å². The topological polar surface area (TPSA) is 75.3 Å². The molecule has 0 aliphatic carbocycles. The molecule has 5 nitrogen and oxygen atoms in total. The summed E-state index contributed by atoms with van der Waals surface area (Å²) in [6, 6.07) is 5.13. The van der Waals surface area contributed by atoms with Gasteiger partial charge in [0.25, 0.3) is 0 Å². The summed E-state index contributed by atoms with van der Waals surface area (Å²) in [5.41, 5.74) is 1.97. The van der Waals surface area contributed by atoms with E-state index >= 15 is 0 Å². The summed E-state index contributed by atoms with van der Waals surface area (Å²) >= 11 is 0. The Hall–Kier alpha value is -1.40. The van der Waals surface area contributed by atoms with Crippen LogP contribution in [0.25, 0.3) is 0 Å². The van der Waals surface area contributed by atoms with E-state index in [9.17, 15) is 13.2 Å². The molecule has 0 spiro atoms. The lowest BCUT2D eigenvalue weighted by molar-refractivity contribution is -0.121. The van der Waals surface area contributed by atoms with Gasteiger partial charge in [0.15, 0.2) is 0 Å². The number of hydrogen-bond donors (Lipinski definition) is 2. The molecule has 0 radical (unpaired) electrons. The minimum atomic E-state index is -3.58. The smallest absolute Gasteiger partial charge is 0.240 e. The van der Waals surface area contributed by atoms with Gasteiger partial charge in [0, 0.05) is 19.0 Å². The Morgan fingerprint density at radius 1 is 1.08 bits per heavy atom. The normalized spacial score (nSPS) is 13.0. The van der Waals surface area contributed by atoms with Gasteiger partial charge in [0.1, 0.15) is 0 Å². The molecule has 1 atom stereocenters. The van der Waals surface area contributed by atoms with E-state index in [1.54, 1.807) is 18.2 Å². The molecule has 1 aromatic rings. The summed E-state index contributed by atoms with van der Waals surface area (Å²) in [5.74, 6) is 0.544. The molecule has 0 bridgehead atoms. The predicted octanol–water partition coefficient (Wildman–Crippen LogP) is 3.30. The van der Waals surface area contributed by atoms with Gasteiger partial charge in [-0.05, 0) is 56.4 Å². The van der Waals surface area contributed by atoms with Gasteiger partial charge in [0.05, 0.1) is 4.90 Å². The fourth-order valence-electron chi connectivity index (χ4n) is 2.51. The second-order valence-corrected chi connectivity index (χ2v) is 8.95. The zero-order chi connectivity index (χ0) is 19.0. The summed E-state index contributed by atoms with van der Waals surface area (Å²) in [5, 5.41) is 2.92. The van der Waals surface area contributed by atoms with Gasteiger partial charge in [-0.1, -0.05) is 32.8 Å². The van der Waals surface area contributed by atoms with E-state index < -0.39 is 10.0 Å². The Morgan fingerprint density at radius 3 is 2.36 bits per heavy atom. The second kappa shape index (κ2) is 9.92. The van der Waals surface area contributed by atoms with Crippen molar-refractivity contribution >= 4 is 15.9 Å². The molecule has 6 heteroatoms. The number of sulfonamides is 1. The van der Waals surface area contributed by atoms with Crippen molar-refractivity contribution in [1.29, 1.82) is 0 Å². The van der Waals surface area contributed by atoms with Crippen LogP contribution in [0.4, 0.5) is 0 Å². The molecule has 0 aromatic heterocycles. The van der Waals surface area contributed by atoms with Crippen molar-refractivity contribution < 1.29 is 13.2 Å². The quantitative estimate of drug-likeness (QED) is 0.665. The van der Waals surface area contributed by atoms with Crippen LogP contribution in [0.3, 0.4) is 0 Å². The number of carbonyl (C=O) groups excluding carboxylic acids is 1. The molecule has 0 heterocycles. The van der Waals surface area contributed by atoms with Crippen molar-refractivity contribution in [2.24, 2.45) is 5.92 Å². The van der Waals surface area contributed by atoms with Crippen LogP contribution in [0, 0.1) is 19.8 Å². The molecular formula is C19H32N2O3S. The number of benzene rings is 1. The van der Waals surface area contributed by atoms with E-state index in [2.05, 4.69) is 23.9 Å². The number of amides is 1. The first-order valence-electron chi connectivity index (χ1n) is 8.98. The first-order chi connectivity index (χ1) is 11.6. The van der Waals surface area contributed by atoms with Gasteiger partial charge >= 0.3 is 0 Å². The molecule has 25 heavy (non-hydrogen) atoms. The summed E-state index contributed by atoms with van der Waals surface area (Å²) in [6.45, 7) is 10.3. The van der Waals surface area contributed by atoms with Crippen LogP contribution >= 0.6 is 0 Å². The lowest BCUT2D eigenvalue weighted by atomic mass is 10.0. The highest BCUT2D eigenvalue weighted by atomic mass is 32.2. The highest BCUT2D eigenvalue weighted by Gasteiger charge is 2.15. The van der Waals surface area contributed by atoms with Crippen molar-refractivity contribution in [2.75, 3.05) is 6.54 Å².